The Hall–Kier alpha value is -0.660. The van der Waals surface area contributed by atoms with Crippen LogP contribution in [0.15, 0.2) is 11.6 Å². The first kappa shape index (κ1) is 9.88. The second-order valence-corrected chi connectivity index (χ2v) is 5.70. The molecule has 0 spiro atoms. The lowest BCUT2D eigenvalue weighted by Gasteiger charge is -2.38. The van der Waals surface area contributed by atoms with Crippen molar-refractivity contribution in [2.45, 2.75) is 0 Å². The topological polar surface area (TPSA) is 70.5 Å². The molecule has 1 N–H and O–H groups in total. The molecule has 0 unspecified atom stereocenters. The summed E-state index contributed by atoms with van der Waals surface area (Å²) in [6.45, 7) is 1.32. The zero-order valence-corrected chi connectivity index (χ0v) is 8.96. The Morgan fingerprint density at radius 1 is 1.64 bits per heavy atom. The van der Waals surface area contributed by atoms with Gasteiger partial charge in [-0.05, 0) is 0 Å². The highest BCUT2D eigenvalue weighted by Gasteiger charge is 2.31. The summed E-state index contributed by atoms with van der Waals surface area (Å²) in [7, 11) is -3.82. The maximum absolute atomic E-state index is 10.6. The molecule has 1 aromatic rings. The van der Waals surface area contributed by atoms with E-state index in [4.69, 9.17) is 4.55 Å². The summed E-state index contributed by atoms with van der Waals surface area (Å²) >= 11 is 1.53. The van der Waals surface area contributed by atoms with E-state index in [0.717, 1.165) is 5.13 Å². The maximum atomic E-state index is 10.6. The van der Waals surface area contributed by atoms with E-state index in [1.54, 1.807) is 6.20 Å². The molecule has 7 heteroatoms. The molecule has 0 aliphatic carbocycles. The lowest BCUT2D eigenvalue weighted by Crippen LogP contribution is -2.49. The van der Waals surface area contributed by atoms with Crippen molar-refractivity contribution in [1.82, 2.24) is 4.98 Å². The molecule has 1 aromatic heterocycles. The first-order chi connectivity index (χ1) is 6.54. The molecule has 2 rings (SSSR count). The van der Waals surface area contributed by atoms with Gasteiger partial charge in [0.05, 0.1) is 5.75 Å². The van der Waals surface area contributed by atoms with Gasteiger partial charge in [0.15, 0.2) is 5.13 Å². The van der Waals surface area contributed by atoms with Gasteiger partial charge < -0.3 is 4.90 Å². The highest BCUT2D eigenvalue weighted by Crippen LogP contribution is 2.26. The smallest absolute Gasteiger partial charge is 0.265 e. The Morgan fingerprint density at radius 2 is 2.36 bits per heavy atom. The van der Waals surface area contributed by atoms with E-state index in [0.29, 0.717) is 13.1 Å². The monoisotopic (exact) mass is 234 g/mol. The van der Waals surface area contributed by atoms with Gasteiger partial charge in [-0.25, -0.2) is 4.98 Å². The van der Waals surface area contributed by atoms with Gasteiger partial charge in [-0.3, -0.25) is 4.55 Å². The molecule has 1 aliphatic rings. The van der Waals surface area contributed by atoms with Crippen LogP contribution in [0.1, 0.15) is 0 Å². The van der Waals surface area contributed by atoms with E-state index in [1.165, 1.54) is 11.3 Å². The van der Waals surface area contributed by atoms with Crippen LogP contribution < -0.4 is 4.90 Å². The Balaban J connectivity index is 1.86. The van der Waals surface area contributed by atoms with Crippen molar-refractivity contribution < 1.29 is 13.0 Å². The summed E-state index contributed by atoms with van der Waals surface area (Å²) in [6, 6.07) is 0. The molecular weight excluding hydrogens is 224 g/mol. The third kappa shape index (κ3) is 2.23. The summed E-state index contributed by atoms with van der Waals surface area (Å²) < 4.78 is 29.7. The van der Waals surface area contributed by atoms with Crippen LogP contribution in [0.3, 0.4) is 0 Å². The average Bonchev–Trinajstić information content (AvgIpc) is 2.45. The number of aromatic nitrogens is 1. The van der Waals surface area contributed by atoms with Crippen LogP contribution in [0.25, 0.3) is 0 Å². The molecular formula is C7H10N2O3S2. The molecule has 2 heterocycles. The maximum Gasteiger partial charge on any atom is 0.265 e. The molecule has 78 valence electrons. The van der Waals surface area contributed by atoms with Crippen molar-refractivity contribution in [3.63, 3.8) is 0 Å². The normalized spacial score (nSPS) is 18.2. The Morgan fingerprint density at radius 3 is 2.86 bits per heavy atom. The number of rotatable bonds is 3. The zero-order chi connectivity index (χ0) is 10.2. The van der Waals surface area contributed by atoms with E-state index in [2.05, 4.69) is 4.98 Å². The quantitative estimate of drug-likeness (QED) is 0.770. The number of hydrogen-bond donors (Lipinski definition) is 1. The molecule has 14 heavy (non-hydrogen) atoms. The van der Waals surface area contributed by atoms with Crippen molar-refractivity contribution >= 4 is 26.6 Å². The molecule has 0 atom stereocenters. The predicted molar refractivity (Wildman–Crippen MR) is 54.2 cm³/mol. The Labute approximate surface area is 86.1 Å². The molecule has 1 fully saturated rings. The van der Waals surface area contributed by atoms with E-state index in [-0.39, 0.29) is 11.7 Å². The SMILES string of the molecule is O=S(=O)(O)CC1CN(c2nccs2)C1. The molecule has 0 radical (unpaired) electrons. The minimum Gasteiger partial charge on any atom is -0.347 e. The van der Waals surface area contributed by atoms with E-state index < -0.39 is 10.1 Å². The number of thiazole rings is 1. The number of nitrogens with zero attached hydrogens (tertiary/aromatic N) is 2. The number of anilines is 1. The molecule has 1 aliphatic heterocycles. The molecule has 5 nitrogen and oxygen atoms in total. The van der Waals surface area contributed by atoms with Crippen LogP contribution >= 0.6 is 11.3 Å². The first-order valence-electron chi connectivity index (χ1n) is 4.14. The lowest BCUT2D eigenvalue weighted by molar-refractivity contribution is 0.417. The predicted octanol–water partition coefficient (Wildman–Crippen LogP) is 0.467. The van der Waals surface area contributed by atoms with Crippen LogP contribution in [0.4, 0.5) is 5.13 Å². The Kier molecular flexibility index (Phi) is 2.46. The van der Waals surface area contributed by atoms with Crippen LogP contribution in [0.5, 0.6) is 0 Å². The van der Waals surface area contributed by atoms with Gasteiger partial charge in [-0.15, -0.1) is 11.3 Å². The minimum absolute atomic E-state index is 0.0360. The summed E-state index contributed by atoms with van der Waals surface area (Å²) in [4.78, 5) is 6.10. The summed E-state index contributed by atoms with van der Waals surface area (Å²) in [5.74, 6) is -0.108. The summed E-state index contributed by atoms with van der Waals surface area (Å²) in [5.41, 5.74) is 0. The van der Waals surface area contributed by atoms with E-state index >= 15 is 0 Å². The van der Waals surface area contributed by atoms with E-state index in [9.17, 15) is 8.42 Å². The second kappa shape index (κ2) is 3.48. The summed E-state index contributed by atoms with van der Waals surface area (Å²) in [6.07, 6.45) is 1.72. The lowest BCUT2D eigenvalue weighted by atomic mass is 10.0. The second-order valence-electron chi connectivity index (χ2n) is 3.33. The molecule has 0 bridgehead atoms. The molecule has 1 saturated heterocycles. The van der Waals surface area contributed by atoms with Crippen molar-refractivity contribution in [1.29, 1.82) is 0 Å². The molecule has 0 amide bonds. The highest BCUT2D eigenvalue weighted by molar-refractivity contribution is 7.85. The zero-order valence-electron chi connectivity index (χ0n) is 7.33. The van der Waals surface area contributed by atoms with Gasteiger partial charge in [0, 0.05) is 30.6 Å². The molecule has 0 saturated carbocycles. The summed E-state index contributed by atoms with van der Waals surface area (Å²) in [5, 5.41) is 2.79. The van der Waals surface area contributed by atoms with Crippen molar-refractivity contribution in [2.24, 2.45) is 5.92 Å². The largest absolute Gasteiger partial charge is 0.347 e. The first-order valence-corrected chi connectivity index (χ1v) is 6.63. The minimum atomic E-state index is -3.82. The van der Waals surface area contributed by atoms with Crippen LogP contribution in [0.2, 0.25) is 0 Å². The van der Waals surface area contributed by atoms with Gasteiger partial charge in [0.2, 0.25) is 0 Å². The van der Waals surface area contributed by atoms with Crippen LogP contribution in [-0.2, 0) is 10.1 Å². The standard InChI is InChI=1S/C7H10N2O3S2/c10-14(11,12)5-6-3-9(4-6)7-8-1-2-13-7/h1-2,6H,3-5H2,(H,10,11,12). The van der Waals surface area contributed by atoms with Gasteiger partial charge in [0.25, 0.3) is 10.1 Å². The third-order valence-corrected chi connectivity index (χ3v) is 3.82. The van der Waals surface area contributed by atoms with E-state index in [1.807, 2.05) is 10.3 Å². The van der Waals surface area contributed by atoms with Gasteiger partial charge in [-0.2, -0.15) is 8.42 Å². The third-order valence-electron chi connectivity index (χ3n) is 2.09. The van der Waals surface area contributed by atoms with Crippen molar-refractivity contribution in [3.05, 3.63) is 11.6 Å². The Bertz CT molecular complexity index is 395. The van der Waals surface area contributed by atoms with Crippen molar-refractivity contribution in [3.8, 4) is 0 Å². The van der Waals surface area contributed by atoms with Crippen LogP contribution in [0, 0.1) is 5.92 Å². The fourth-order valence-corrected chi connectivity index (χ4v) is 2.97. The van der Waals surface area contributed by atoms with Gasteiger partial charge in [0.1, 0.15) is 0 Å². The van der Waals surface area contributed by atoms with Gasteiger partial charge >= 0.3 is 0 Å². The fourth-order valence-electron chi connectivity index (χ4n) is 1.50. The van der Waals surface area contributed by atoms with Crippen molar-refractivity contribution in [2.75, 3.05) is 23.7 Å². The average molecular weight is 234 g/mol. The number of hydrogen-bond acceptors (Lipinski definition) is 5. The van der Waals surface area contributed by atoms with Gasteiger partial charge in [-0.1, -0.05) is 0 Å². The van der Waals surface area contributed by atoms with Crippen LogP contribution in [-0.4, -0.2) is 36.8 Å². The highest BCUT2D eigenvalue weighted by atomic mass is 32.2. The fraction of sp³-hybridized carbons (Fsp3) is 0.571. The molecule has 0 aromatic carbocycles.